The first-order chi connectivity index (χ1) is 13.6. The maximum Gasteiger partial charge on any atom is 0.256 e. The van der Waals surface area contributed by atoms with E-state index in [2.05, 4.69) is 15.5 Å². The van der Waals surface area contributed by atoms with Crippen molar-refractivity contribution in [1.29, 1.82) is 0 Å². The van der Waals surface area contributed by atoms with Crippen molar-refractivity contribution in [3.05, 3.63) is 59.7 Å². The number of hydrogen-bond donors (Lipinski definition) is 2. The molecule has 146 valence electrons. The van der Waals surface area contributed by atoms with Crippen LogP contribution in [-0.2, 0) is 6.61 Å². The summed E-state index contributed by atoms with van der Waals surface area (Å²) in [5.74, 6) is 2.55. The molecule has 8 nitrogen and oxygen atoms in total. The Morgan fingerprint density at radius 1 is 0.929 bits per heavy atom. The Kier molecular flexibility index (Phi) is 6.01. The van der Waals surface area contributed by atoms with Crippen molar-refractivity contribution in [2.24, 2.45) is 0 Å². The summed E-state index contributed by atoms with van der Waals surface area (Å²) in [6.45, 7) is 0.268. The summed E-state index contributed by atoms with van der Waals surface area (Å²) in [7, 11) is 4.75. The minimum atomic E-state index is -0.268. The average Bonchev–Trinajstić information content (AvgIpc) is 3.19. The molecular formula is C20H21N3O5. The summed E-state index contributed by atoms with van der Waals surface area (Å²) in [4.78, 5) is 12.3. The predicted molar refractivity (Wildman–Crippen MR) is 103 cm³/mol. The van der Waals surface area contributed by atoms with Gasteiger partial charge in [-0.15, -0.1) is 5.10 Å². The first-order valence-corrected chi connectivity index (χ1v) is 8.47. The van der Waals surface area contributed by atoms with E-state index < -0.39 is 0 Å². The molecule has 3 aromatic rings. The van der Waals surface area contributed by atoms with E-state index in [1.807, 2.05) is 12.1 Å². The monoisotopic (exact) mass is 383 g/mol. The molecular weight excluding hydrogens is 362 g/mol. The molecule has 2 N–H and O–H groups in total. The van der Waals surface area contributed by atoms with Gasteiger partial charge in [0.25, 0.3) is 5.91 Å². The van der Waals surface area contributed by atoms with E-state index in [0.29, 0.717) is 34.5 Å². The molecule has 0 unspecified atom stereocenters. The van der Waals surface area contributed by atoms with Crippen LogP contribution < -0.4 is 24.3 Å². The molecule has 0 fully saturated rings. The molecule has 1 amide bonds. The largest absolute Gasteiger partial charge is 0.497 e. The van der Waals surface area contributed by atoms with Gasteiger partial charge in [0.05, 0.1) is 21.3 Å². The third kappa shape index (κ3) is 4.73. The fourth-order valence-electron chi connectivity index (χ4n) is 2.49. The standard InChI is InChI=1S/C20H21N3O5/c1-25-15-6-4-14(5-7-15)20(24)21-18-11-19(23-22-18)28-12-13-8-16(26-2)10-17(9-13)27-3/h4-11H,12H2,1-3H3,(H2,21,22,23,24). The van der Waals surface area contributed by atoms with Crippen molar-refractivity contribution in [2.45, 2.75) is 6.61 Å². The van der Waals surface area contributed by atoms with Gasteiger partial charge in [-0.3, -0.25) is 9.89 Å². The Labute approximate surface area is 162 Å². The highest BCUT2D eigenvalue weighted by molar-refractivity contribution is 6.03. The zero-order chi connectivity index (χ0) is 19.9. The topological polar surface area (TPSA) is 94.7 Å². The zero-order valence-electron chi connectivity index (χ0n) is 15.8. The van der Waals surface area contributed by atoms with Crippen LogP contribution in [0.4, 0.5) is 5.82 Å². The molecule has 0 aliphatic heterocycles. The highest BCUT2D eigenvalue weighted by Crippen LogP contribution is 2.24. The summed E-state index contributed by atoms with van der Waals surface area (Å²) >= 11 is 0. The second-order valence-electron chi connectivity index (χ2n) is 5.81. The second-order valence-corrected chi connectivity index (χ2v) is 5.81. The fourth-order valence-corrected chi connectivity index (χ4v) is 2.49. The number of nitrogens with zero attached hydrogens (tertiary/aromatic N) is 1. The van der Waals surface area contributed by atoms with Crippen molar-refractivity contribution in [3.8, 4) is 23.1 Å². The van der Waals surface area contributed by atoms with Crippen molar-refractivity contribution in [3.63, 3.8) is 0 Å². The molecule has 0 saturated heterocycles. The third-order valence-corrected chi connectivity index (χ3v) is 3.95. The molecule has 0 bridgehead atoms. The summed E-state index contributed by atoms with van der Waals surface area (Å²) in [5, 5.41) is 9.51. The summed E-state index contributed by atoms with van der Waals surface area (Å²) in [6, 6.07) is 13.9. The Morgan fingerprint density at radius 3 is 2.18 bits per heavy atom. The Morgan fingerprint density at radius 2 is 1.57 bits per heavy atom. The summed E-state index contributed by atoms with van der Waals surface area (Å²) < 4.78 is 21.2. The number of benzene rings is 2. The summed E-state index contributed by atoms with van der Waals surface area (Å²) in [6.07, 6.45) is 0. The zero-order valence-corrected chi connectivity index (χ0v) is 15.8. The van der Waals surface area contributed by atoms with E-state index in [0.717, 1.165) is 5.56 Å². The average molecular weight is 383 g/mol. The van der Waals surface area contributed by atoms with Gasteiger partial charge in [0.1, 0.15) is 29.7 Å². The van der Waals surface area contributed by atoms with Gasteiger partial charge in [-0.25, -0.2) is 0 Å². The number of anilines is 1. The quantitative estimate of drug-likeness (QED) is 0.620. The molecule has 0 aliphatic rings. The maximum absolute atomic E-state index is 12.3. The van der Waals surface area contributed by atoms with Gasteiger partial charge in [0.2, 0.25) is 5.88 Å². The van der Waals surface area contributed by atoms with E-state index in [9.17, 15) is 4.79 Å². The lowest BCUT2D eigenvalue weighted by atomic mass is 10.2. The van der Waals surface area contributed by atoms with Crippen LogP contribution in [0, 0.1) is 0 Å². The minimum Gasteiger partial charge on any atom is -0.497 e. The third-order valence-electron chi connectivity index (χ3n) is 3.95. The molecule has 8 heteroatoms. The molecule has 2 aromatic carbocycles. The van der Waals surface area contributed by atoms with E-state index in [1.165, 1.54) is 0 Å². The van der Waals surface area contributed by atoms with Crippen LogP contribution in [0.3, 0.4) is 0 Å². The molecule has 3 rings (SSSR count). The smallest absolute Gasteiger partial charge is 0.256 e. The number of carbonyl (C=O) groups is 1. The Bertz CT molecular complexity index is 915. The van der Waals surface area contributed by atoms with Crippen LogP contribution in [0.25, 0.3) is 0 Å². The van der Waals surface area contributed by atoms with Crippen LogP contribution in [0.5, 0.6) is 23.1 Å². The van der Waals surface area contributed by atoms with Crippen LogP contribution in [0.2, 0.25) is 0 Å². The first kappa shape index (κ1) is 19.1. The number of rotatable bonds is 8. The Balaban J connectivity index is 1.60. The molecule has 1 heterocycles. The van der Waals surface area contributed by atoms with Crippen LogP contribution in [0.15, 0.2) is 48.5 Å². The highest BCUT2D eigenvalue weighted by Gasteiger charge is 2.10. The maximum atomic E-state index is 12.3. The van der Waals surface area contributed by atoms with Gasteiger partial charge in [-0.05, 0) is 42.0 Å². The lowest BCUT2D eigenvalue weighted by Gasteiger charge is -2.08. The number of aromatic amines is 1. The van der Waals surface area contributed by atoms with E-state index in [1.54, 1.807) is 57.7 Å². The highest BCUT2D eigenvalue weighted by atomic mass is 16.5. The van der Waals surface area contributed by atoms with Gasteiger partial charge in [-0.1, -0.05) is 0 Å². The van der Waals surface area contributed by atoms with E-state index in [4.69, 9.17) is 18.9 Å². The number of methoxy groups -OCH3 is 3. The minimum absolute atomic E-state index is 0.268. The number of carbonyl (C=O) groups excluding carboxylic acids is 1. The number of aromatic nitrogens is 2. The predicted octanol–water partition coefficient (Wildman–Crippen LogP) is 3.27. The van der Waals surface area contributed by atoms with Crippen LogP contribution in [-0.4, -0.2) is 37.4 Å². The van der Waals surface area contributed by atoms with E-state index in [-0.39, 0.29) is 12.5 Å². The molecule has 0 aliphatic carbocycles. The lowest BCUT2D eigenvalue weighted by molar-refractivity contribution is 0.102. The van der Waals surface area contributed by atoms with Crippen molar-refractivity contribution in [1.82, 2.24) is 10.2 Å². The van der Waals surface area contributed by atoms with Gasteiger partial charge >= 0.3 is 0 Å². The first-order valence-electron chi connectivity index (χ1n) is 8.47. The molecule has 1 aromatic heterocycles. The Hall–Kier alpha value is -3.68. The number of ether oxygens (including phenoxy) is 4. The number of hydrogen-bond acceptors (Lipinski definition) is 6. The van der Waals surface area contributed by atoms with Crippen molar-refractivity contribution in [2.75, 3.05) is 26.6 Å². The van der Waals surface area contributed by atoms with Gasteiger partial charge in [0.15, 0.2) is 0 Å². The van der Waals surface area contributed by atoms with Crippen molar-refractivity contribution >= 4 is 11.7 Å². The SMILES string of the molecule is COc1ccc(C(=O)Nc2cc(OCc3cc(OC)cc(OC)c3)n[nH]2)cc1. The van der Waals surface area contributed by atoms with Crippen LogP contribution >= 0.6 is 0 Å². The fraction of sp³-hybridized carbons (Fsp3) is 0.200. The van der Waals surface area contributed by atoms with Gasteiger partial charge in [-0.2, -0.15) is 0 Å². The molecule has 0 atom stereocenters. The van der Waals surface area contributed by atoms with Crippen molar-refractivity contribution < 1.29 is 23.7 Å². The number of nitrogens with one attached hydrogen (secondary N) is 2. The van der Waals surface area contributed by atoms with Crippen LogP contribution in [0.1, 0.15) is 15.9 Å². The molecule has 28 heavy (non-hydrogen) atoms. The molecule has 0 saturated carbocycles. The number of H-pyrrole nitrogens is 1. The normalized spacial score (nSPS) is 10.2. The van der Waals surface area contributed by atoms with Gasteiger partial charge in [0, 0.05) is 17.7 Å². The molecule has 0 radical (unpaired) electrons. The second kappa shape index (κ2) is 8.81. The van der Waals surface area contributed by atoms with Gasteiger partial charge < -0.3 is 24.3 Å². The summed E-state index contributed by atoms with van der Waals surface area (Å²) in [5.41, 5.74) is 1.37. The lowest BCUT2D eigenvalue weighted by Crippen LogP contribution is -2.11. The van der Waals surface area contributed by atoms with E-state index >= 15 is 0 Å². The molecule has 0 spiro atoms. The number of amides is 1.